The third kappa shape index (κ3) is 3.15. The van der Waals surface area contributed by atoms with Gasteiger partial charge in [0.2, 0.25) is 0 Å². The van der Waals surface area contributed by atoms with Crippen LogP contribution in [-0.2, 0) is 5.88 Å². The summed E-state index contributed by atoms with van der Waals surface area (Å²) in [6.07, 6.45) is 5.46. The van der Waals surface area contributed by atoms with Gasteiger partial charge < -0.3 is 4.90 Å². The third-order valence-corrected chi connectivity index (χ3v) is 5.38. The number of hydrogen-bond donors (Lipinski definition) is 0. The first-order valence-corrected chi connectivity index (χ1v) is 8.94. The van der Waals surface area contributed by atoms with E-state index >= 15 is 0 Å². The second-order valence-corrected chi connectivity index (χ2v) is 7.07. The molecule has 2 saturated heterocycles. The molecular formula is C16H22BrClN2. The summed E-state index contributed by atoms with van der Waals surface area (Å²) in [5.74, 6) is 0.583. The number of benzene rings is 1. The molecule has 3 rings (SSSR count). The van der Waals surface area contributed by atoms with E-state index in [4.69, 9.17) is 11.6 Å². The highest BCUT2D eigenvalue weighted by molar-refractivity contribution is 9.10. The number of alkyl halides is 1. The molecular weight excluding hydrogens is 336 g/mol. The van der Waals surface area contributed by atoms with Crippen molar-refractivity contribution in [1.82, 2.24) is 4.90 Å². The van der Waals surface area contributed by atoms with Gasteiger partial charge in [0.25, 0.3) is 0 Å². The Bertz CT molecular complexity index is 460. The Morgan fingerprint density at radius 3 is 2.70 bits per heavy atom. The maximum Gasteiger partial charge on any atom is 0.0494 e. The van der Waals surface area contributed by atoms with Crippen LogP contribution in [0, 0.1) is 0 Å². The van der Waals surface area contributed by atoms with Crippen LogP contribution in [0.3, 0.4) is 0 Å². The summed E-state index contributed by atoms with van der Waals surface area (Å²) in [6.45, 7) is 4.90. The minimum Gasteiger partial charge on any atom is -0.370 e. The van der Waals surface area contributed by atoms with Crippen LogP contribution in [0.25, 0.3) is 0 Å². The quantitative estimate of drug-likeness (QED) is 0.746. The van der Waals surface area contributed by atoms with E-state index in [1.807, 2.05) is 0 Å². The highest BCUT2D eigenvalue weighted by Crippen LogP contribution is 2.30. The first kappa shape index (κ1) is 14.7. The first-order valence-electron chi connectivity index (χ1n) is 7.61. The van der Waals surface area contributed by atoms with E-state index in [1.165, 1.54) is 50.0 Å². The lowest BCUT2D eigenvalue weighted by Crippen LogP contribution is -2.40. The van der Waals surface area contributed by atoms with Gasteiger partial charge in [0.15, 0.2) is 0 Å². The van der Waals surface area contributed by atoms with Crippen molar-refractivity contribution < 1.29 is 0 Å². The molecule has 1 aromatic rings. The molecule has 0 aromatic heterocycles. The van der Waals surface area contributed by atoms with E-state index < -0.39 is 0 Å². The number of nitrogens with zero attached hydrogens (tertiary/aromatic N) is 2. The van der Waals surface area contributed by atoms with Gasteiger partial charge in [0.1, 0.15) is 0 Å². The molecule has 0 saturated carbocycles. The van der Waals surface area contributed by atoms with Crippen molar-refractivity contribution >= 4 is 33.2 Å². The SMILES string of the molecule is ClCc1cc(Br)ccc1N1CCC(N2CCCCC2)C1. The zero-order valence-electron chi connectivity index (χ0n) is 11.8. The van der Waals surface area contributed by atoms with E-state index in [0.717, 1.165) is 23.6 Å². The molecule has 2 heterocycles. The van der Waals surface area contributed by atoms with E-state index in [0.29, 0.717) is 5.88 Å². The molecule has 0 amide bonds. The van der Waals surface area contributed by atoms with Gasteiger partial charge in [-0.25, -0.2) is 0 Å². The van der Waals surface area contributed by atoms with Crippen molar-refractivity contribution in [3.8, 4) is 0 Å². The van der Waals surface area contributed by atoms with Crippen LogP contribution < -0.4 is 4.90 Å². The lowest BCUT2D eigenvalue weighted by molar-refractivity contribution is 0.175. The van der Waals surface area contributed by atoms with Crippen LogP contribution in [-0.4, -0.2) is 37.1 Å². The normalized spacial score (nSPS) is 24.3. The lowest BCUT2D eigenvalue weighted by atomic mass is 10.1. The van der Waals surface area contributed by atoms with E-state index in [9.17, 15) is 0 Å². The second kappa shape index (κ2) is 6.67. The summed E-state index contributed by atoms with van der Waals surface area (Å²) in [7, 11) is 0. The van der Waals surface area contributed by atoms with Gasteiger partial charge >= 0.3 is 0 Å². The summed E-state index contributed by atoms with van der Waals surface area (Å²) in [5.41, 5.74) is 2.56. The predicted octanol–water partition coefficient (Wildman–Crippen LogP) is 4.25. The van der Waals surface area contributed by atoms with Crippen LogP contribution in [0.5, 0.6) is 0 Å². The Labute approximate surface area is 135 Å². The molecule has 0 aliphatic carbocycles. The average molecular weight is 358 g/mol. The maximum absolute atomic E-state index is 6.11. The molecule has 4 heteroatoms. The fraction of sp³-hybridized carbons (Fsp3) is 0.625. The predicted molar refractivity (Wildman–Crippen MR) is 89.7 cm³/mol. The number of rotatable bonds is 3. The molecule has 0 radical (unpaired) electrons. The van der Waals surface area contributed by atoms with Crippen molar-refractivity contribution in [3.05, 3.63) is 28.2 Å². The minimum atomic E-state index is 0.583. The summed E-state index contributed by atoms with van der Waals surface area (Å²) in [4.78, 5) is 5.21. The smallest absolute Gasteiger partial charge is 0.0494 e. The number of hydrogen-bond acceptors (Lipinski definition) is 2. The minimum absolute atomic E-state index is 0.583. The maximum atomic E-state index is 6.11. The standard InChI is InChI=1S/C16H22BrClN2/c17-14-4-5-16(13(10-14)11-18)20-9-6-15(12-20)19-7-2-1-3-8-19/h4-5,10,15H,1-3,6-9,11-12H2. The Morgan fingerprint density at radius 2 is 1.95 bits per heavy atom. The number of halogens is 2. The molecule has 1 atom stereocenters. The monoisotopic (exact) mass is 356 g/mol. The lowest BCUT2D eigenvalue weighted by Gasteiger charge is -2.32. The summed E-state index contributed by atoms with van der Waals surface area (Å²) < 4.78 is 1.11. The average Bonchev–Trinajstić information content (AvgIpc) is 2.97. The van der Waals surface area contributed by atoms with Gasteiger partial charge in [-0.05, 0) is 56.1 Å². The van der Waals surface area contributed by atoms with Crippen LogP contribution in [0.4, 0.5) is 5.69 Å². The van der Waals surface area contributed by atoms with Crippen LogP contribution in [0.15, 0.2) is 22.7 Å². The molecule has 1 unspecified atom stereocenters. The number of likely N-dealkylation sites (tertiary alicyclic amines) is 1. The van der Waals surface area contributed by atoms with Gasteiger partial charge in [-0.3, -0.25) is 4.90 Å². The largest absolute Gasteiger partial charge is 0.370 e. The van der Waals surface area contributed by atoms with Gasteiger partial charge in [-0.1, -0.05) is 22.4 Å². The Morgan fingerprint density at radius 1 is 1.15 bits per heavy atom. The molecule has 0 bridgehead atoms. The molecule has 1 aromatic carbocycles. The first-order chi connectivity index (χ1) is 9.78. The van der Waals surface area contributed by atoms with Gasteiger partial charge in [-0.2, -0.15) is 0 Å². The zero-order valence-corrected chi connectivity index (χ0v) is 14.2. The molecule has 2 aliphatic rings. The molecule has 2 aliphatic heterocycles. The van der Waals surface area contributed by atoms with Crippen molar-refractivity contribution in [2.75, 3.05) is 31.1 Å². The van der Waals surface area contributed by atoms with Crippen LogP contribution in [0.1, 0.15) is 31.2 Å². The van der Waals surface area contributed by atoms with Crippen molar-refractivity contribution in [2.45, 2.75) is 37.6 Å². The highest BCUT2D eigenvalue weighted by atomic mass is 79.9. The summed E-state index contributed by atoms with van der Waals surface area (Å²) >= 11 is 9.64. The van der Waals surface area contributed by atoms with Crippen molar-refractivity contribution in [1.29, 1.82) is 0 Å². The fourth-order valence-electron chi connectivity index (χ4n) is 3.51. The van der Waals surface area contributed by atoms with Gasteiger partial charge in [-0.15, -0.1) is 11.6 Å². The Kier molecular flexibility index (Phi) is 4.90. The molecule has 0 spiro atoms. The number of piperidine rings is 1. The van der Waals surface area contributed by atoms with E-state index in [2.05, 4.69) is 43.9 Å². The fourth-order valence-corrected chi connectivity index (χ4v) is 4.13. The Balaban J connectivity index is 1.70. The van der Waals surface area contributed by atoms with Gasteiger partial charge in [0.05, 0.1) is 0 Å². The van der Waals surface area contributed by atoms with Crippen LogP contribution >= 0.6 is 27.5 Å². The van der Waals surface area contributed by atoms with Crippen LogP contribution in [0.2, 0.25) is 0 Å². The molecule has 2 fully saturated rings. The summed E-state index contributed by atoms with van der Waals surface area (Å²) in [5, 5.41) is 0. The summed E-state index contributed by atoms with van der Waals surface area (Å²) in [6, 6.07) is 7.22. The zero-order chi connectivity index (χ0) is 13.9. The van der Waals surface area contributed by atoms with E-state index in [-0.39, 0.29) is 0 Å². The second-order valence-electron chi connectivity index (χ2n) is 5.89. The van der Waals surface area contributed by atoms with E-state index in [1.54, 1.807) is 0 Å². The Hall–Kier alpha value is -0.250. The third-order valence-electron chi connectivity index (χ3n) is 4.60. The number of anilines is 1. The topological polar surface area (TPSA) is 6.48 Å². The molecule has 20 heavy (non-hydrogen) atoms. The van der Waals surface area contributed by atoms with Crippen molar-refractivity contribution in [3.63, 3.8) is 0 Å². The highest BCUT2D eigenvalue weighted by Gasteiger charge is 2.29. The molecule has 110 valence electrons. The van der Waals surface area contributed by atoms with Gasteiger partial charge in [0, 0.05) is 35.2 Å². The van der Waals surface area contributed by atoms with Crippen molar-refractivity contribution in [2.24, 2.45) is 0 Å². The molecule has 0 N–H and O–H groups in total. The molecule has 2 nitrogen and oxygen atoms in total.